The highest BCUT2D eigenvalue weighted by Crippen LogP contribution is 2.18. The maximum Gasteiger partial charge on any atom is 0.307 e. The minimum atomic E-state index is -3.66. The number of benzene rings is 1. The molecule has 0 amide bonds. The second-order valence-electron chi connectivity index (χ2n) is 5.34. The van der Waals surface area contributed by atoms with E-state index in [0.717, 1.165) is 5.56 Å². The van der Waals surface area contributed by atoms with Crippen LogP contribution in [0.3, 0.4) is 0 Å². The number of aliphatic carboxylic acids is 1. The van der Waals surface area contributed by atoms with Gasteiger partial charge in [-0.25, -0.2) is 13.1 Å². The quantitative estimate of drug-likeness (QED) is 0.823. The zero-order valence-corrected chi connectivity index (χ0v) is 14.0. The van der Waals surface area contributed by atoms with Crippen molar-refractivity contribution >= 4 is 16.0 Å². The molecule has 23 heavy (non-hydrogen) atoms. The molecule has 0 spiro atoms. The van der Waals surface area contributed by atoms with Crippen LogP contribution in [0.2, 0.25) is 0 Å². The molecule has 1 aromatic heterocycles. The zero-order chi connectivity index (χ0) is 17.2. The van der Waals surface area contributed by atoms with Crippen molar-refractivity contribution in [1.29, 1.82) is 0 Å². The van der Waals surface area contributed by atoms with E-state index in [1.165, 1.54) is 4.68 Å². The molecule has 124 valence electrons. The van der Waals surface area contributed by atoms with Gasteiger partial charge in [0.05, 0.1) is 17.8 Å². The van der Waals surface area contributed by atoms with Crippen LogP contribution < -0.4 is 4.72 Å². The van der Waals surface area contributed by atoms with Crippen molar-refractivity contribution in [3.63, 3.8) is 0 Å². The molecule has 7 nitrogen and oxygen atoms in total. The van der Waals surface area contributed by atoms with Crippen molar-refractivity contribution in [2.75, 3.05) is 0 Å². The number of nitrogens with one attached hydrogen (secondary N) is 1. The van der Waals surface area contributed by atoms with Crippen LogP contribution in [0.1, 0.15) is 22.5 Å². The summed E-state index contributed by atoms with van der Waals surface area (Å²) < 4.78 is 28.9. The molecule has 0 saturated heterocycles. The number of aromatic nitrogens is 2. The SMILES string of the molecule is Cc1nn(C)c(C)c1S(=O)(=O)NCc1ccc(CC(=O)O)cc1. The van der Waals surface area contributed by atoms with Crippen LogP contribution in [0.5, 0.6) is 0 Å². The van der Waals surface area contributed by atoms with Crippen LogP contribution >= 0.6 is 0 Å². The number of carboxylic acid groups (broad SMARTS) is 1. The molecule has 2 rings (SSSR count). The van der Waals surface area contributed by atoms with Gasteiger partial charge in [0.1, 0.15) is 4.90 Å². The van der Waals surface area contributed by atoms with Gasteiger partial charge in [-0.1, -0.05) is 24.3 Å². The summed E-state index contributed by atoms with van der Waals surface area (Å²) in [5, 5.41) is 12.8. The molecule has 1 aromatic carbocycles. The number of hydrogen-bond donors (Lipinski definition) is 2. The van der Waals surface area contributed by atoms with E-state index in [0.29, 0.717) is 17.0 Å². The summed E-state index contributed by atoms with van der Waals surface area (Å²) in [5.41, 5.74) is 2.45. The Balaban J connectivity index is 2.12. The minimum Gasteiger partial charge on any atom is -0.481 e. The Labute approximate surface area is 135 Å². The van der Waals surface area contributed by atoms with Gasteiger partial charge < -0.3 is 5.11 Å². The molecule has 0 radical (unpaired) electrons. The average Bonchev–Trinajstić information content (AvgIpc) is 2.71. The molecular weight excluding hydrogens is 318 g/mol. The lowest BCUT2D eigenvalue weighted by molar-refractivity contribution is -0.136. The van der Waals surface area contributed by atoms with Gasteiger partial charge in [-0.3, -0.25) is 9.48 Å². The molecule has 8 heteroatoms. The summed E-state index contributed by atoms with van der Waals surface area (Å²) in [6.07, 6.45) is -0.0555. The molecule has 0 aliphatic heterocycles. The van der Waals surface area contributed by atoms with Gasteiger partial charge in [-0.05, 0) is 25.0 Å². The van der Waals surface area contributed by atoms with E-state index < -0.39 is 16.0 Å². The fourth-order valence-electron chi connectivity index (χ4n) is 2.34. The molecule has 0 unspecified atom stereocenters. The predicted octanol–water partition coefficient (Wildman–Crippen LogP) is 1.14. The maximum absolute atomic E-state index is 12.4. The molecular formula is C15H19N3O4S. The van der Waals surface area contributed by atoms with Crippen LogP contribution in [0.15, 0.2) is 29.2 Å². The van der Waals surface area contributed by atoms with Crippen LogP contribution in [-0.2, 0) is 34.8 Å². The summed E-state index contributed by atoms with van der Waals surface area (Å²) >= 11 is 0. The molecule has 0 fully saturated rings. The predicted molar refractivity (Wildman–Crippen MR) is 84.5 cm³/mol. The van der Waals surface area contributed by atoms with Gasteiger partial charge in [0.25, 0.3) is 0 Å². The second kappa shape index (κ2) is 6.51. The Kier molecular flexibility index (Phi) is 4.86. The van der Waals surface area contributed by atoms with Gasteiger partial charge in [-0.2, -0.15) is 5.10 Å². The molecule has 0 saturated carbocycles. The first-order valence-electron chi connectivity index (χ1n) is 7.00. The smallest absolute Gasteiger partial charge is 0.307 e. The van der Waals surface area contributed by atoms with Gasteiger partial charge in [0, 0.05) is 13.6 Å². The van der Waals surface area contributed by atoms with E-state index in [1.54, 1.807) is 45.2 Å². The topological polar surface area (TPSA) is 101 Å². The zero-order valence-electron chi connectivity index (χ0n) is 13.2. The molecule has 0 aliphatic carbocycles. The highest BCUT2D eigenvalue weighted by molar-refractivity contribution is 7.89. The van der Waals surface area contributed by atoms with Crippen molar-refractivity contribution in [2.45, 2.75) is 31.7 Å². The monoisotopic (exact) mass is 337 g/mol. The van der Waals surface area contributed by atoms with Gasteiger partial charge in [-0.15, -0.1) is 0 Å². The third-order valence-corrected chi connectivity index (χ3v) is 5.21. The van der Waals surface area contributed by atoms with E-state index in [-0.39, 0.29) is 17.9 Å². The number of sulfonamides is 1. The van der Waals surface area contributed by atoms with Crippen molar-refractivity contribution in [2.24, 2.45) is 7.05 Å². The summed E-state index contributed by atoms with van der Waals surface area (Å²) in [7, 11) is -1.96. The minimum absolute atomic E-state index is 0.0555. The Morgan fingerprint density at radius 3 is 2.26 bits per heavy atom. The summed E-state index contributed by atoms with van der Waals surface area (Å²) in [4.78, 5) is 10.8. The largest absolute Gasteiger partial charge is 0.481 e. The number of nitrogens with zero attached hydrogens (tertiary/aromatic N) is 2. The van der Waals surface area contributed by atoms with Crippen molar-refractivity contribution in [3.05, 3.63) is 46.8 Å². The Morgan fingerprint density at radius 2 is 1.78 bits per heavy atom. The average molecular weight is 337 g/mol. The van der Waals surface area contributed by atoms with Crippen molar-refractivity contribution in [3.8, 4) is 0 Å². The normalized spacial score (nSPS) is 11.6. The third kappa shape index (κ3) is 3.96. The molecule has 0 atom stereocenters. The highest BCUT2D eigenvalue weighted by Gasteiger charge is 2.23. The van der Waals surface area contributed by atoms with Crippen molar-refractivity contribution < 1.29 is 18.3 Å². The lowest BCUT2D eigenvalue weighted by Crippen LogP contribution is -2.24. The van der Waals surface area contributed by atoms with E-state index in [2.05, 4.69) is 9.82 Å². The van der Waals surface area contributed by atoms with E-state index >= 15 is 0 Å². The third-order valence-electron chi connectivity index (χ3n) is 3.56. The number of carboxylic acids is 1. The number of aryl methyl sites for hydroxylation is 2. The van der Waals surface area contributed by atoms with E-state index in [9.17, 15) is 13.2 Å². The van der Waals surface area contributed by atoms with E-state index in [4.69, 9.17) is 5.11 Å². The van der Waals surface area contributed by atoms with Crippen molar-refractivity contribution in [1.82, 2.24) is 14.5 Å². The first-order chi connectivity index (χ1) is 10.7. The highest BCUT2D eigenvalue weighted by atomic mass is 32.2. The van der Waals surface area contributed by atoms with Crippen LogP contribution in [0.4, 0.5) is 0 Å². The molecule has 2 aromatic rings. The van der Waals surface area contributed by atoms with Gasteiger partial charge in [0.15, 0.2) is 0 Å². The maximum atomic E-state index is 12.4. The van der Waals surface area contributed by atoms with Crippen LogP contribution in [0.25, 0.3) is 0 Å². The Bertz CT molecular complexity index is 823. The Hall–Kier alpha value is -2.19. The van der Waals surface area contributed by atoms with Gasteiger partial charge in [0.2, 0.25) is 10.0 Å². The number of hydrogen-bond acceptors (Lipinski definition) is 4. The fourth-order valence-corrected chi connectivity index (χ4v) is 3.79. The summed E-state index contributed by atoms with van der Waals surface area (Å²) in [6, 6.07) is 6.78. The molecule has 0 bridgehead atoms. The first-order valence-corrected chi connectivity index (χ1v) is 8.48. The van der Waals surface area contributed by atoms with Gasteiger partial charge >= 0.3 is 5.97 Å². The van der Waals surface area contributed by atoms with Crippen LogP contribution in [0, 0.1) is 13.8 Å². The number of carbonyl (C=O) groups is 1. The number of rotatable bonds is 6. The lowest BCUT2D eigenvalue weighted by atomic mass is 10.1. The fraction of sp³-hybridized carbons (Fsp3) is 0.333. The second-order valence-corrected chi connectivity index (χ2v) is 7.04. The summed E-state index contributed by atoms with van der Waals surface area (Å²) in [6.45, 7) is 3.49. The standard InChI is InChI=1S/C15H19N3O4S/c1-10-15(11(2)18(3)17-10)23(21,22)16-9-13-6-4-12(5-7-13)8-14(19)20/h4-7,16H,8-9H2,1-3H3,(H,19,20). The van der Waals surface area contributed by atoms with Crippen LogP contribution in [-0.4, -0.2) is 29.3 Å². The molecule has 1 heterocycles. The van der Waals surface area contributed by atoms with E-state index in [1.807, 2.05) is 0 Å². The lowest BCUT2D eigenvalue weighted by Gasteiger charge is -2.08. The molecule has 0 aliphatic rings. The molecule has 2 N–H and O–H groups in total. The first kappa shape index (κ1) is 17.2. The summed E-state index contributed by atoms with van der Waals surface area (Å²) in [5.74, 6) is -0.902. The Morgan fingerprint density at radius 1 is 1.22 bits per heavy atom.